The maximum atomic E-state index is 9.77. The lowest BCUT2D eigenvalue weighted by Gasteiger charge is -2.11. The second-order valence-electron chi connectivity index (χ2n) is 1.23. The molecular weight excluding hydrogens is 112 g/mol. The van der Waals surface area contributed by atoms with Crippen LogP contribution in [0.5, 0.6) is 0 Å². The molecule has 4 heteroatoms. The summed E-state index contributed by atoms with van der Waals surface area (Å²) in [5.74, 6) is -1.39. The highest BCUT2D eigenvalue weighted by molar-refractivity contribution is 5.69. The van der Waals surface area contributed by atoms with E-state index in [2.05, 4.69) is 4.74 Å². The molecule has 0 saturated heterocycles. The van der Waals surface area contributed by atoms with Gasteiger partial charge in [0, 0.05) is 7.11 Å². The highest BCUT2D eigenvalue weighted by Gasteiger charge is 2.03. The molecule has 0 amide bonds. The number of aliphatic carboxylic acids is 1. The predicted octanol–water partition coefficient (Wildman–Crippen LogP) is -2.26. The van der Waals surface area contributed by atoms with Crippen molar-refractivity contribution in [3.05, 3.63) is 0 Å². The normalized spacial score (nSPS) is 13.2. The standard InChI is InChI=1S/C4H8O4/c1-8-3(2-5)4(6)7/h3,5H,2H2,1H3,(H,6,7)/p-1/t3-/m1/s1. The number of carboxylic acids is 1. The Bertz CT molecular complexity index is 76.1. The summed E-state index contributed by atoms with van der Waals surface area (Å²) in [4.78, 5) is 9.77. The second-order valence-corrected chi connectivity index (χ2v) is 1.23. The van der Waals surface area contributed by atoms with Crippen molar-refractivity contribution >= 4 is 5.97 Å². The topological polar surface area (TPSA) is 69.6 Å². The number of methoxy groups -OCH3 is 1. The molecule has 0 aliphatic rings. The Morgan fingerprint density at radius 2 is 2.50 bits per heavy atom. The van der Waals surface area contributed by atoms with Crippen LogP contribution >= 0.6 is 0 Å². The zero-order chi connectivity index (χ0) is 6.57. The van der Waals surface area contributed by atoms with Crippen LogP contribution in [0.4, 0.5) is 0 Å². The van der Waals surface area contributed by atoms with Crippen LogP contribution < -0.4 is 5.11 Å². The fraction of sp³-hybridized carbons (Fsp3) is 0.750. The average Bonchev–Trinajstić information content (AvgIpc) is 1.69. The van der Waals surface area contributed by atoms with Crippen LogP contribution in [-0.4, -0.2) is 30.9 Å². The van der Waals surface area contributed by atoms with Gasteiger partial charge in [0.1, 0.15) is 6.10 Å². The van der Waals surface area contributed by atoms with Gasteiger partial charge in [-0.3, -0.25) is 0 Å². The average molecular weight is 119 g/mol. The molecule has 0 aliphatic heterocycles. The highest BCUT2D eigenvalue weighted by Crippen LogP contribution is 1.82. The van der Waals surface area contributed by atoms with E-state index in [1.165, 1.54) is 7.11 Å². The number of ether oxygens (including phenoxy) is 1. The van der Waals surface area contributed by atoms with Crippen molar-refractivity contribution in [2.45, 2.75) is 6.10 Å². The molecule has 0 bridgehead atoms. The van der Waals surface area contributed by atoms with Crippen molar-refractivity contribution in [2.24, 2.45) is 0 Å². The Labute approximate surface area is 46.7 Å². The fourth-order valence-electron chi connectivity index (χ4n) is 0.245. The number of hydrogen-bond acceptors (Lipinski definition) is 4. The summed E-state index contributed by atoms with van der Waals surface area (Å²) in [7, 11) is 1.19. The van der Waals surface area contributed by atoms with E-state index in [4.69, 9.17) is 5.11 Å². The largest absolute Gasteiger partial charge is 0.547 e. The van der Waals surface area contributed by atoms with Crippen molar-refractivity contribution in [1.82, 2.24) is 0 Å². The first-order valence-corrected chi connectivity index (χ1v) is 2.07. The molecule has 0 aromatic carbocycles. The van der Waals surface area contributed by atoms with E-state index < -0.39 is 18.7 Å². The number of rotatable bonds is 3. The zero-order valence-corrected chi connectivity index (χ0v) is 4.46. The van der Waals surface area contributed by atoms with E-state index in [0.29, 0.717) is 0 Å². The Kier molecular flexibility index (Phi) is 3.14. The van der Waals surface area contributed by atoms with Gasteiger partial charge in [-0.05, 0) is 0 Å². The van der Waals surface area contributed by atoms with Crippen molar-refractivity contribution in [2.75, 3.05) is 13.7 Å². The first-order chi connectivity index (χ1) is 3.72. The molecule has 0 unspecified atom stereocenters. The van der Waals surface area contributed by atoms with Gasteiger partial charge in [-0.1, -0.05) is 0 Å². The summed E-state index contributed by atoms with van der Waals surface area (Å²) in [6.07, 6.45) is -1.19. The van der Waals surface area contributed by atoms with Gasteiger partial charge < -0.3 is 19.7 Å². The minimum absolute atomic E-state index is 0.543. The Hall–Kier alpha value is -0.610. The maximum absolute atomic E-state index is 9.77. The minimum atomic E-state index is -1.39. The third-order valence-electron chi connectivity index (χ3n) is 0.713. The zero-order valence-electron chi connectivity index (χ0n) is 4.46. The molecule has 0 radical (unpaired) electrons. The minimum Gasteiger partial charge on any atom is -0.547 e. The molecule has 0 rings (SSSR count). The van der Waals surface area contributed by atoms with E-state index in [0.717, 1.165) is 0 Å². The van der Waals surface area contributed by atoms with E-state index in [-0.39, 0.29) is 0 Å². The molecule has 8 heavy (non-hydrogen) atoms. The van der Waals surface area contributed by atoms with Gasteiger partial charge in [0.2, 0.25) is 0 Å². The van der Waals surface area contributed by atoms with Crippen molar-refractivity contribution in [3.63, 3.8) is 0 Å². The molecular formula is C4H7O4-. The van der Waals surface area contributed by atoms with Crippen LogP contribution in [0.3, 0.4) is 0 Å². The number of hydrogen-bond donors (Lipinski definition) is 1. The van der Waals surface area contributed by atoms with Crippen LogP contribution in [0.25, 0.3) is 0 Å². The molecule has 0 aromatic rings. The second kappa shape index (κ2) is 3.40. The van der Waals surface area contributed by atoms with E-state index >= 15 is 0 Å². The first kappa shape index (κ1) is 7.39. The number of carboxylic acid groups (broad SMARTS) is 1. The molecule has 0 saturated carbocycles. The number of carbonyl (C=O) groups is 1. The van der Waals surface area contributed by atoms with E-state index in [1.54, 1.807) is 0 Å². The summed E-state index contributed by atoms with van der Waals surface area (Å²) in [5.41, 5.74) is 0. The molecule has 0 heterocycles. The van der Waals surface area contributed by atoms with Crippen LogP contribution in [0.1, 0.15) is 0 Å². The Morgan fingerprint density at radius 3 is 2.50 bits per heavy atom. The Morgan fingerprint density at radius 1 is 2.00 bits per heavy atom. The van der Waals surface area contributed by atoms with E-state index in [1.807, 2.05) is 0 Å². The molecule has 0 aromatic heterocycles. The molecule has 0 fully saturated rings. The lowest BCUT2D eigenvalue weighted by molar-refractivity contribution is -0.317. The van der Waals surface area contributed by atoms with Crippen molar-refractivity contribution in [3.8, 4) is 0 Å². The maximum Gasteiger partial charge on any atom is 0.119 e. The predicted molar refractivity (Wildman–Crippen MR) is 22.9 cm³/mol. The van der Waals surface area contributed by atoms with Crippen LogP contribution in [0.15, 0.2) is 0 Å². The summed E-state index contributed by atoms with van der Waals surface area (Å²) < 4.78 is 4.25. The molecule has 0 aliphatic carbocycles. The van der Waals surface area contributed by atoms with Gasteiger partial charge >= 0.3 is 0 Å². The van der Waals surface area contributed by atoms with Gasteiger partial charge in [-0.2, -0.15) is 0 Å². The SMILES string of the molecule is CO[C@H](CO)C(=O)[O-]. The van der Waals surface area contributed by atoms with Crippen LogP contribution in [0, 0.1) is 0 Å². The molecule has 1 N–H and O–H groups in total. The number of aliphatic hydroxyl groups is 1. The summed E-state index contributed by atoms with van der Waals surface area (Å²) in [6, 6.07) is 0. The summed E-state index contributed by atoms with van der Waals surface area (Å²) in [6.45, 7) is -0.543. The number of aliphatic hydroxyl groups excluding tert-OH is 1. The van der Waals surface area contributed by atoms with Crippen LogP contribution in [0.2, 0.25) is 0 Å². The lowest BCUT2D eigenvalue weighted by Crippen LogP contribution is -2.39. The van der Waals surface area contributed by atoms with Gasteiger partial charge in [0.05, 0.1) is 12.6 Å². The van der Waals surface area contributed by atoms with Gasteiger partial charge in [-0.15, -0.1) is 0 Å². The first-order valence-electron chi connectivity index (χ1n) is 2.07. The third kappa shape index (κ3) is 1.90. The smallest absolute Gasteiger partial charge is 0.119 e. The van der Waals surface area contributed by atoms with Crippen LogP contribution in [-0.2, 0) is 9.53 Å². The summed E-state index contributed by atoms with van der Waals surface area (Å²) >= 11 is 0. The van der Waals surface area contributed by atoms with E-state index in [9.17, 15) is 9.90 Å². The molecule has 48 valence electrons. The monoisotopic (exact) mass is 119 g/mol. The van der Waals surface area contributed by atoms with Gasteiger partial charge in [0.15, 0.2) is 0 Å². The van der Waals surface area contributed by atoms with Crippen molar-refractivity contribution < 1.29 is 19.7 Å². The van der Waals surface area contributed by atoms with Crippen molar-refractivity contribution in [1.29, 1.82) is 0 Å². The fourth-order valence-corrected chi connectivity index (χ4v) is 0.245. The molecule has 0 spiro atoms. The lowest BCUT2D eigenvalue weighted by atomic mass is 10.4. The third-order valence-corrected chi connectivity index (χ3v) is 0.713. The van der Waals surface area contributed by atoms with Gasteiger partial charge in [0.25, 0.3) is 0 Å². The highest BCUT2D eigenvalue weighted by atomic mass is 16.5. The Balaban J connectivity index is 3.52. The quantitative estimate of drug-likeness (QED) is 0.455. The molecule has 1 atom stereocenters. The summed E-state index contributed by atoms with van der Waals surface area (Å²) in [5, 5.41) is 17.9. The number of carbonyl (C=O) groups excluding carboxylic acids is 1. The van der Waals surface area contributed by atoms with Gasteiger partial charge in [-0.25, -0.2) is 0 Å². The molecule has 4 nitrogen and oxygen atoms in total.